The molecule has 0 spiro atoms. The van der Waals surface area contributed by atoms with Crippen molar-refractivity contribution in [2.24, 2.45) is 0 Å². The third-order valence-corrected chi connectivity index (χ3v) is 1.47. The van der Waals surface area contributed by atoms with E-state index in [0.717, 1.165) is 0 Å². The van der Waals surface area contributed by atoms with Crippen molar-refractivity contribution in [2.45, 2.75) is 4.32 Å². The number of hydrogen-bond acceptors (Lipinski definition) is 2. The van der Waals surface area contributed by atoms with Crippen LogP contribution >= 0.6 is 0 Å². The standard InChI is InChI=1S/C4H9O2.Nb/c1-5-3-4-6-2;/h3H,4H2,1-2H3;. The van der Waals surface area contributed by atoms with Crippen LogP contribution in [0.1, 0.15) is 0 Å². The second kappa shape index (κ2) is 4.81. The fourth-order valence-corrected chi connectivity index (χ4v) is 0.577. The number of methoxy groups -OCH3 is 2. The van der Waals surface area contributed by atoms with Crippen LogP contribution < -0.4 is 0 Å². The Morgan fingerprint density at radius 2 is 2.14 bits per heavy atom. The first-order chi connectivity index (χ1) is 3.31. The Bertz CT molecular complexity index is 40.7. The van der Waals surface area contributed by atoms with Gasteiger partial charge in [-0.3, -0.25) is 0 Å². The molecule has 0 saturated carbocycles. The summed E-state index contributed by atoms with van der Waals surface area (Å²) in [5, 5.41) is 0. The molecule has 0 aromatic carbocycles. The van der Waals surface area contributed by atoms with Crippen LogP contribution in [0.5, 0.6) is 0 Å². The number of hydrogen-bond donors (Lipinski definition) is 0. The molecule has 0 aliphatic carbocycles. The fraction of sp³-hybridized carbons (Fsp3) is 1.00. The zero-order chi connectivity index (χ0) is 5.70. The summed E-state index contributed by atoms with van der Waals surface area (Å²) in [6.45, 7) is 0.699. The van der Waals surface area contributed by atoms with Gasteiger partial charge in [0.1, 0.15) is 0 Å². The number of ether oxygens (including phenoxy) is 2. The molecule has 0 aromatic heterocycles. The Kier molecular flexibility index (Phi) is 5.26. The second-order valence-electron chi connectivity index (χ2n) is 1.15. The quantitative estimate of drug-likeness (QED) is 0.578. The Balaban J connectivity index is 2.83. The maximum atomic E-state index is 4.89. The molecule has 0 amide bonds. The van der Waals surface area contributed by atoms with Gasteiger partial charge in [0, 0.05) is 0 Å². The summed E-state index contributed by atoms with van der Waals surface area (Å²) in [6.07, 6.45) is 0. The van der Waals surface area contributed by atoms with E-state index in [2.05, 4.69) is 0 Å². The van der Waals surface area contributed by atoms with Gasteiger partial charge < -0.3 is 0 Å². The minimum absolute atomic E-state index is 0.277. The molecule has 1 unspecified atom stereocenters. The maximum absolute atomic E-state index is 4.89. The Morgan fingerprint density at radius 3 is 2.29 bits per heavy atom. The molecule has 0 bridgehead atoms. The van der Waals surface area contributed by atoms with Gasteiger partial charge in [-0.05, 0) is 0 Å². The molecule has 0 aliphatic heterocycles. The van der Waals surface area contributed by atoms with Crippen molar-refractivity contribution < 1.29 is 30.5 Å². The van der Waals surface area contributed by atoms with Crippen molar-refractivity contribution in [1.82, 2.24) is 0 Å². The van der Waals surface area contributed by atoms with Crippen LogP contribution in [0.4, 0.5) is 0 Å². The predicted molar refractivity (Wildman–Crippen MR) is 22.7 cm³/mol. The molecule has 0 heterocycles. The topological polar surface area (TPSA) is 18.5 Å². The molecule has 0 aliphatic rings. The van der Waals surface area contributed by atoms with E-state index in [1.807, 2.05) is 0 Å². The molecule has 7 heavy (non-hydrogen) atoms. The first kappa shape index (κ1) is 7.66. The Morgan fingerprint density at radius 1 is 1.57 bits per heavy atom. The van der Waals surface area contributed by atoms with Crippen molar-refractivity contribution in [2.75, 3.05) is 20.8 Å². The third kappa shape index (κ3) is 4.51. The molecule has 0 saturated heterocycles. The fourth-order valence-electron chi connectivity index (χ4n) is 0.211. The predicted octanol–water partition coefficient (Wildman–Crippen LogP) is 0.152. The molecular formula is C4H9NbO2. The molecule has 3 heteroatoms. The normalized spacial score (nSPS) is 14.0. The van der Waals surface area contributed by atoms with Crippen LogP contribution in [-0.2, 0) is 30.5 Å². The summed E-state index contributed by atoms with van der Waals surface area (Å²) in [4.78, 5) is 0. The van der Waals surface area contributed by atoms with Crippen molar-refractivity contribution in [3.8, 4) is 0 Å². The average molecular weight is 182 g/mol. The molecule has 0 aromatic rings. The average Bonchev–Trinajstić information content (AvgIpc) is 1.68. The van der Waals surface area contributed by atoms with Crippen molar-refractivity contribution in [3.05, 3.63) is 0 Å². The molecule has 42 valence electrons. The van der Waals surface area contributed by atoms with Gasteiger partial charge in [0.15, 0.2) is 0 Å². The summed E-state index contributed by atoms with van der Waals surface area (Å²) in [7, 11) is 3.35. The van der Waals surface area contributed by atoms with E-state index in [1.54, 1.807) is 35.3 Å². The van der Waals surface area contributed by atoms with Gasteiger partial charge in [0.2, 0.25) is 0 Å². The Labute approximate surface area is 56.1 Å². The van der Waals surface area contributed by atoms with Gasteiger partial charge in [-0.2, -0.15) is 0 Å². The summed E-state index contributed by atoms with van der Waals surface area (Å²) < 4.78 is 9.95. The van der Waals surface area contributed by atoms with Crippen LogP contribution in [0.15, 0.2) is 0 Å². The summed E-state index contributed by atoms with van der Waals surface area (Å²) in [5.41, 5.74) is 0. The van der Waals surface area contributed by atoms with Gasteiger partial charge in [-0.25, -0.2) is 0 Å². The van der Waals surface area contributed by atoms with Crippen LogP contribution in [0.3, 0.4) is 0 Å². The summed E-state index contributed by atoms with van der Waals surface area (Å²) in [5.74, 6) is 0. The van der Waals surface area contributed by atoms with E-state index in [1.165, 1.54) is 0 Å². The zero-order valence-electron chi connectivity index (χ0n) is 4.55. The van der Waals surface area contributed by atoms with E-state index in [0.29, 0.717) is 6.61 Å². The SMILES string of the molecule is COC[CH]([Nb])OC. The van der Waals surface area contributed by atoms with Gasteiger partial charge in [0.25, 0.3) is 0 Å². The third-order valence-electron chi connectivity index (χ3n) is 0.581. The second-order valence-corrected chi connectivity index (χ2v) is 2.56. The van der Waals surface area contributed by atoms with E-state index < -0.39 is 0 Å². The molecule has 2 nitrogen and oxygen atoms in total. The van der Waals surface area contributed by atoms with Crippen LogP contribution in [0.25, 0.3) is 0 Å². The van der Waals surface area contributed by atoms with Crippen molar-refractivity contribution in [1.29, 1.82) is 0 Å². The van der Waals surface area contributed by atoms with Gasteiger partial charge >= 0.3 is 55.7 Å². The van der Waals surface area contributed by atoms with E-state index >= 15 is 0 Å². The first-order valence-corrected chi connectivity index (χ1v) is 3.28. The summed E-state index contributed by atoms with van der Waals surface area (Å²) in [6, 6.07) is 0. The Hall–Kier alpha value is 0.660. The van der Waals surface area contributed by atoms with Gasteiger partial charge in [-0.15, -0.1) is 0 Å². The zero-order valence-corrected chi connectivity index (χ0v) is 6.75. The van der Waals surface area contributed by atoms with E-state index in [-0.39, 0.29) is 4.32 Å². The molecule has 1 atom stereocenters. The van der Waals surface area contributed by atoms with Crippen molar-refractivity contribution in [3.63, 3.8) is 0 Å². The summed E-state index contributed by atoms with van der Waals surface area (Å²) >= 11 is 1.63. The van der Waals surface area contributed by atoms with Crippen LogP contribution in [0.2, 0.25) is 0 Å². The number of rotatable bonds is 3. The molecule has 0 radical (unpaired) electrons. The molecule has 0 N–H and O–H groups in total. The molecule has 0 fully saturated rings. The van der Waals surface area contributed by atoms with E-state index in [4.69, 9.17) is 9.47 Å². The van der Waals surface area contributed by atoms with E-state index in [9.17, 15) is 0 Å². The van der Waals surface area contributed by atoms with Gasteiger partial charge in [0.05, 0.1) is 0 Å². The monoisotopic (exact) mass is 182 g/mol. The molecule has 0 rings (SSSR count). The van der Waals surface area contributed by atoms with Crippen LogP contribution in [-0.4, -0.2) is 25.1 Å². The first-order valence-electron chi connectivity index (χ1n) is 2.01. The van der Waals surface area contributed by atoms with Gasteiger partial charge in [-0.1, -0.05) is 0 Å². The van der Waals surface area contributed by atoms with Crippen molar-refractivity contribution >= 4 is 0 Å². The minimum atomic E-state index is 0.277. The van der Waals surface area contributed by atoms with Crippen LogP contribution in [0, 0.1) is 0 Å². The molecular weight excluding hydrogens is 173 g/mol.